The van der Waals surface area contributed by atoms with Crippen molar-refractivity contribution in [3.05, 3.63) is 24.3 Å². The molecular formula is C15H24N2O3. The van der Waals surface area contributed by atoms with Crippen molar-refractivity contribution in [3.63, 3.8) is 0 Å². The van der Waals surface area contributed by atoms with Crippen molar-refractivity contribution in [3.8, 4) is 11.5 Å². The molecule has 0 aliphatic rings. The van der Waals surface area contributed by atoms with E-state index < -0.39 is 11.4 Å². The first-order valence-corrected chi connectivity index (χ1v) is 6.91. The van der Waals surface area contributed by atoms with Crippen LogP contribution < -0.4 is 20.9 Å². The van der Waals surface area contributed by atoms with Gasteiger partial charge in [0.15, 0.2) is 11.5 Å². The molecule has 112 valence electrons. The zero-order chi connectivity index (χ0) is 15.0. The Morgan fingerprint density at radius 3 is 2.35 bits per heavy atom. The number of amides is 1. The van der Waals surface area contributed by atoms with E-state index in [0.29, 0.717) is 19.6 Å². The van der Waals surface area contributed by atoms with Gasteiger partial charge < -0.3 is 20.9 Å². The second-order valence-corrected chi connectivity index (χ2v) is 4.97. The Hall–Kier alpha value is -1.75. The lowest BCUT2D eigenvalue weighted by Gasteiger charge is -2.20. The van der Waals surface area contributed by atoms with Crippen molar-refractivity contribution in [2.45, 2.75) is 38.6 Å². The molecule has 1 aromatic rings. The molecular weight excluding hydrogens is 256 g/mol. The molecule has 0 saturated heterocycles. The molecule has 0 aliphatic carbocycles. The summed E-state index contributed by atoms with van der Waals surface area (Å²) in [6.45, 7) is 4.74. The van der Waals surface area contributed by atoms with Crippen molar-refractivity contribution in [1.82, 2.24) is 0 Å². The smallest absolute Gasteiger partial charge is 0.237 e. The number of hydrogen-bond acceptors (Lipinski definition) is 4. The van der Waals surface area contributed by atoms with Gasteiger partial charge in [-0.25, -0.2) is 0 Å². The molecule has 5 heteroatoms. The van der Waals surface area contributed by atoms with Gasteiger partial charge in [0.25, 0.3) is 0 Å². The number of carbonyl (C=O) groups is 1. The lowest BCUT2D eigenvalue weighted by Crippen LogP contribution is -2.49. The van der Waals surface area contributed by atoms with Crippen LogP contribution in [0.1, 0.15) is 33.1 Å². The van der Waals surface area contributed by atoms with Gasteiger partial charge in [-0.1, -0.05) is 12.1 Å². The number of carbonyl (C=O) groups excluding carboxylic acids is 1. The molecule has 1 rings (SSSR count). The highest BCUT2D eigenvalue weighted by molar-refractivity contribution is 5.83. The number of nitrogens with two attached hydrogens (primary N) is 2. The van der Waals surface area contributed by atoms with Gasteiger partial charge in [-0.3, -0.25) is 4.79 Å². The molecule has 0 aromatic heterocycles. The highest BCUT2D eigenvalue weighted by Crippen LogP contribution is 2.26. The minimum absolute atomic E-state index is 0.472. The van der Waals surface area contributed by atoms with E-state index in [0.717, 1.165) is 24.3 Å². The molecule has 1 unspecified atom stereocenters. The first kappa shape index (κ1) is 16.3. The normalized spacial score (nSPS) is 13.6. The molecule has 4 N–H and O–H groups in total. The van der Waals surface area contributed by atoms with Gasteiger partial charge in [0, 0.05) is 0 Å². The van der Waals surface area contributed by atoms with Crippen LogP contribution in [0, 0.1) is 0 Å². The Morgan fingerprint density at radius 2 is 1.80 bits per heavy atom. The fourth-order valence-corrected chi connectivity index (χ4v) is 1.74. The van der Waals surface area contributed by atoms with E-state index in [-0.39, 0.29) is 0 Å². The van der Waals surface area contributed by atoms with E-state index in [4.69, 9.17) is 20.9 Å². The van der Waals surface area contributed by atoms with Crippen LogP contribution in [-0.4, -0.2) is 24.7 Å². The number of primary amides is 1. The van der Waals surface area contributed by atoms with Gasteiger partial charge in [0.1, 0.15) is 0 Å². The molecule has 1 atom stereocenters. The molecule has 0 bridgehead atoms. The van der Waals surface area contributed by atoms with Crippen molar-refractivity contribution in [2.24, 2.45) is 11.5 Å². The number of para-hydroxylation sites is 2. The minimum Gasteiger partial charge on any atom is -0.490 e. The van der Waals surface area contributed by atoms with Crippen LogP contribution in [0.2, 0.25) is 0 Å². The Morgan fingerprint density at radius 1 is 1.20 bits per heavy atom. The summed E-state index contributed by atoms with van der Waals surface area (Å²) in [5.41, 5.74) is 10.1. The highest BCUT2D eigenvalue weighted by Gasteiger charge is 2.24. The second kappa shape index (κ2) is 7.75. The van der Waals surface area contributed by atoms with Crippen molar-refractivity contribution >= 4 is 5.91 Å². The molecule has 1 aromatic carbocycles. The topological polar surface area (TPSA) is 87.6 Å². The third-order valence-corrected chi connectivity index (χ3v) is 3.06. The van der Waals surface area contributed by atoms with Gasteiger partial charge in [-0.05, 0) is 45.2 Å². The zero-order valence-corrected chi connectivity index (χ0v) is 12.2. The van der Waals surface area contributed by atoms with Gasteiger partial charge in [0.05, 0.1) is 18.8 Å². The van der Waals surface area contributed by atoms with Crippen molar-refractivity contribution in [1.29, 1.82) is 0 Å². The molecule has 0 spiro atoms. The maximum atomic E-state index is 11.1. The molecule has 1 amide bonds. The summed E-state index contributed by atoms with van der Waals surface area (Å²) in [7, 11) is 0. The molecule has 0 saturated carbocycles. The van der Waals surface area contributed by atoms with Gasteiger partial charge >= 0.3 is 0 Å². The maximum absolute atomic E-state index is 11.1. The van der Waals surface area contributed by atoms with E-state index in [1.807, 2.05) is 31.2 Å². The monoisotopic (exact) mass is 280 g/mol. The molecule has 0 aliphatic heterocycles. The summed E-state index contributed by atoms with van der Waals surface area (Å²) in [6, 6.07) is 7.57. The largest absolute Gasteiger partial charge is 0.490 e. The van der Waals surface area contributed by atoms with Gasteiger partial charge in [0.2, 0.25) is 5.91 Å². The molecule has 0 radical (unpaired) electrons. The van der Waals surface area contributed by atoms with Crippen LogP contribution in [0.15, 0.2) is 24.3 Å². The summed E-state index contributed by atoms with van der Waals surface area (Å²) in [5, 5.41) is 0. The fraction of sp³-hybridized carbons (Fsp3) is 0.533. The number of benzene rings is 1. The second-order valence-electron chi connectivity index (χ2n) is 4.97. The number of hydrogen-bond donors (Lipinski definition) is 2. The maximum Gasteiger partial charge on any atom is 0.237 e. The Balaban J connectivity index is 2.33. The first-order valence-electron chi connectivity index (χ1n) is 6.91. The van der Waals surface area contributed by atoms with E-state index in [1.165, 1.54) is 0 Å². The Kier molecular flexibility index (Phi) is 6.31. The van der Waals surface area contributed by atoms with Crippen LogP contribution in [-0.2, 0) is 4.79 Å². The summed E-state index contributed by atoms with van der Waals surface area (Å²) in [6.07, 6.45) is 2.14. The van der Waals surface area contributed by atoms with Crippen molar-refractivity contribution < 1.29 is 14.3 Å². The molecule has 0 fully saturated rings. The van der Waals surface area contributed by atoms with E-state index >= 15 is 0 Å². The van der Waals surface area contributed by atoms with Gasteiger partial charge in [-0.2, -0.15) is 0 Å². The quantitative estimate of drug-likeness (QED) is 0.676. The molecule has 5 nitrogen and oxygen atoms in total. The van der Waals surface area contributed by atoms with E-state index in [2.05, 4.69) is 0 Å². The highest BCUT2D eigenvalue weighted by atomic mass is 16.5. The average molecular weight is 280 g/mol. The van der Waals surface area contributed by atoms with Crippen LogP contribution >= 0.6 is 0 Å². The third kappa shape index (κ3) is 5.09. The summed E-state index contributed by atoms with van der Waals surface area (Å²) in [4.78, 5) is 11.1. The summed E-state index contributed by atoms with van der Waals surface area (Å²) < 4.78 is 11.2. The van der Waals surface area contributed by atoms with Crippen LogP contribution in [0.25, 0.3) is 0 Å². The zero-order valence-electron chi connectivity index (χ0n) is 12.2. The average Bonchev–Trinajstić information content (AvgIpc) is 2.40. The predicted molar refractivity (Wildman–Crippen MR) is 78.7 cm³/mol. The minimum atomic E-state index is -0.941. The third-order valence-electron chi connectivity index (χ3n) is 3.06. The Bertz CT molecular complexity index is 433. The predicted octanol–water partition coefficient (Wildman–Crippen LogP) is 1.84. The number of rotatable bonds is 9. The van der Waals surface area contributed by atoms with Crippen LogP contribution in [0.5, 0.6) is 11.5 Å². The molecule has 20 heavy (non-hydrogen) atoms. The molecule has 0 heterocycles. The first-order chi connectivity index (χ1) is 9.47. The standard InChI is InChI=1S/C15H24N2O3/c1-3-19-12-8-4-5-9-13(12)20-11-7-6-10-15(2,17)14(16)18/h4-5,8-9H,3,6-7,10-11,17H2,1-2H3,(H2,16,18). The van der Waals surface area contributed by atoms with E-state index in [1.54, 1.807) is 6.92 Å². The van der Waals surface area contributed by atoms with Crippen molar-refractivity contribution in [2.75, 3.05) is 13.2 Å². The van der Waals surface area contributed by atoms with Gasteiger partial charge in [-0.15, -0.1) is 0 Å². The fourth-order valence-electron chi connectivity index (χ4n) is 1.74. The number of unbranched alkanes of at least 4 members (excludes halogenated alkanes) is 1. The lowest BCUT2D eigenvalue weighted by molar-refractivity contribution is -0.122. The van der Waals surface area contributed by atoms with Crippen LogP contribution in [0.4, 0.5) is 0 Å². The lowest BCUT2D eigenvalue weighted by atomic mass is 9.96. The summed E-state index contributed by atoms with van der Waals surface area (Å²) >= 11 is 0. The number of ether oxygens (including phenoxy) is 2. The van der Waals surface area contributed by atoms with E-state index in [9.17, 15) is 4.79 Å². The Labute approximate surface area is 120 Å². The van der Waals surface area contributed by atoms with Crippen LogP contribution in [0.3, 0.4) is 0 Å². The SMILES string of the molecule is CCOc1ccccc1OCCCCC(C)(N)C(N)=O. The summed E-state index contributed by atoms with van der Waals surface area (Å²) in [5.74, 6) is 1.01.